The van der Waals surface area contributed by atoms with Crippen LogP contribution in [0.3, 0.4) is 0 Å². The van der Waals surface area contributed by atoms with Crippen LogP contribution in [-0.2, 0) is 24.3 Å². The number of nitrogens with zero attached hydrogens (tertiary/aromatic N) is 2. The molecule has 1 amide bonds. The topological polar surface area (TPSA) is 73.1 Å². The molecule has 0 aliphatic heterocycles. The lowest BCUT2D eigenvalue weighted by Gasteiger charge is -2.13. The Bertz CT molecular complexity index is 1330. The summed E-state index contributed by atoms with van der Waals surface area (Å²) >= 11 is 2.88. The van der Waals surface area contributed by atoms with Crippen molar-refractivity contribution in [3.8, 4) is 0 Å². The average molecular weight is 454 g/mol. The summed E-state index contributed by atoms with van der Waals surface area (Å²) in [4.78, 5) is 39.9. The Morgan fingerprint density at radius 1 is 1.03 bits per heavy atom. The molecule has 0 atom stereocenters. The van der Waals surface area contributed by atoms with Gasteiger partial charge in [0.1, 0.15) is 11.2 Å². The van der Waals surface area contributed by atoms with Crippen LogP contribution in [-0.4, -0.2) is 15.0 Å². The standard InChI is InChI=1S/C23H23N3O3S2/c1-15(2)16-5-3-6-17(13-16)24-20(27)14-26-19-9-12-31-21(19)22(28)25(23(26)29)10-8-18-7-4-11-30-18/h3-7,9,11-13,15H,8,10,14H2,1-2H3,(H,24,27). The minimum atomic E-state index is -0.460. The van der Waals surface area contributed by atoms with E-state index in [1.165, 1.54) is 20.5 Å². The number of rotatable bonds is 7. The molecule has 0 bridgehead atoms. The molecule has 3 aromatic heterocycles. The van der Waals surface area contributed by atoms with Gasteiger partial charge in [-0.3, -0.25) is 18.7 Å². The second-order valence-electron chi connectivity index (χ2n) is 7.62. The summed E-state index contributed by atoms with van der Waals surface area (Å²) in [5.74, 6) is 0.0377. The van der Waals surface area contributed by atoms with Crippen molar-refractivity contribution in [1.29, 1.82) is 0 Å². The number of aromatic nitrogens is 2. The highest BCUT2D eigenvalue weighted by atomic mass is 32.1. The second kappa shape index (κ2) is 9.03. The van der Waals surface area contributed by atoms with E-state index >= 15 is 0 Å². The highest BCUT2D eigenvalue weighted by molar-refractivity contribution is 7.17. The minimum Gasteiger partial charge on any atom is -0.325 e. The molecule has 0 saturated carbocycles. The Labute approximate surface area is 187 Å². The zero-order chi connectivity index (χ0) is 22.0. The molecule has 160 valence electrons. The molecule has 6 nitrogen and oxygen atoms in total. The lowest BCUT2D eigenvalue weighted by molar-refractivity contribution is -0.116. The first kappa shape index (κ1) is 21.3. The van der Waals surface area contributed by atoms with Crippen molar-refractivity contribution in [2.45, 2.75) is 39.3 Å². The predicted molar refractivity (Wildman–Crippen MR) is 128 cm³/mol. The summed E-state index contributed by atoms with van der Waals surface area (Å²) < 4.78 is 3.12. The third-order valence-corrected chi connectivity index (χ3v) is 6.96. The molecule has 0 fully saturated rings. The van der Waals surface area contributed by atoms with Crippen LogP contribution in [0.15, 0.2) is 62.8 Å². The van der Waals surface area contributed by atoms with Crippen LogP contribution in [0.1, 0.15) is 30.2 Å². The maximum atomic E-state index is 13.1. The monoisotopic (exact) mass is 453 g/mol. The molecular formula is C23H23N3O3S2. The summed E-state index contributed by atoms with van der Waals surface area (Å²) in [5, 5.41) is 6.62. The van der Waals surface area contributed by atoms with Gasteiger partial charge in [0.05, 0.1) is 5.52 Å². The molecular weight excluding hydrogens is 430 g/mol. The Balaban J connectivity index is 1.63. The average Bonchev–Trinajstić information content (AvgIpc) is 3.43. The quantitative estimate of drug-likeness (QED) is 0.454. The van der Waals surface area contributed by atoms with Crippen LogP contribution in [0.4, 0.5) is 5.69 Å². The summed E-state index contributed by atoms with van der Waals surface area (Å²) in [6.07, 6.45) is 0.595. The minimum absolute atomic E-state index is 0.156. The number of hydrogen-bond acceptors (Lipinski definition) is 5. The fraction of sp³-hybridized carbons (Fsp3) is 0.261. The Hall–Kier alpha value is -2.97. The van der Waals surface area contributed by atoms with E-state index in [0.717, 1.165) is 10.4 Å². The van der Waals surface area contributed by atoms with Gasteiger partial charge in [0, 0.05) is 17.1 Å². The van der Waals surface area contributed by atoms with Crippen molar-refractivity contribution in [2.24, 2.45) is 0 Å². The summed E-state index contributed by atoms with van der Waals surface area (Å²) in [5.41, 5.74) is 1.55. The zero-order valence-corrected chi connectivity index (χ0v) is 19.0. The fourth-order valence-corrected chi connectivity index (χ4v) is 5.02. The van der Waals surface area contributed by atoms with Crippen molar-refractivity contribution < 1.29 is 4.79 Å². The van der Waals surface area contributed by atoms with Gasteiger partial charge in [-0.25, -0.2) is 4.79 Å². The van der Waals surface area contributed by atoms with Gasteiger partial charge in [0.2, 0.25) is 5.91 Å². The van der Waals surface area contributed by atoms with Gasteiger partial charge in [-0.15, -0.1) is 22.7 Å². The highest BCUT2D eigenvalue weighted by Gasteiger charge is 2.17. The lowest BCUT2D eigenvalue weighted by atomic mass is 10.0. The molecule has 4 rings (SSSR count). The number of nitrogens with one attached hydrogen (secondary N) is 1. The zero-order valence-electron chi connectivity index (χ0n) is 17.3. The second-order valence-corrected chi connectivity index (χ2v) is 9.57. The summed E-state index contributed by atoms with van der Waals surface area (Å²) in [6.45, 7) is 4.31. The number of amides is 1. The van der Waals surface area contributed by atoms with E-state index in [2.05, 4.69) is 19.2 Å². The maximum Gasteiger partial charge on any atom is 0.332 e. The van der Waals surface area contributed by atoms with Crippen LogP contribution in [0.25, 0.3) is 10.2 Å². The van der Waals surface area contributed by atoms with Crippen molar-refractivity contribution in [2.75, 3.05) is 5.32 Å². The number of thiophene rings is 2. The Morgan fingerprint density at radius 2 is 1.87 bits per heavy atom. The van der Waals surface area contributed by atoms with Gasteiger partial charge in [-0.05, 0) is 52.9 Å². The smallest absolute Gasteiger partial charge is 0.325 e. The number of anilines is 1. The van der Waals surface area contributed by atoms with Crippen molar-refractivity contribution in [1.82, 2.24) is 9.13 Å². The number of carbonyl (C=O) groups excluding carboxylic acids is 1. The molecule has 0 aliphatic rings. The third-order valence-electron chi connectivity index (χ3n) is 5.14. The normalized spacial score (nSPS) is 11.3. The van der Waals surface area contributed by atoms with E-state index in [4.69, 9.17) is 0 Å². The Kier molecular flexibility index (Phi) is 6.20. The lowest BCUT2D eigenvalue weighted by Crippen LogP contribution is -2.41. The number of hydrogen-bond donors (Lipinski definition) is 1. The van der Waals surface area contributed by atoms with Gasteiger partial charge in [0.15, 0.2) is 0 Å². The van der Waals surface area contributed by atoms with Gasteiger partial charge in [0.25, 0.3) is 5.56 Å². The maximum absolute atomic E-state index is 13.1. The molecule has 0 saturated heterocycles. The van der Waals surface area contributed by atoms with E-state index in [9.17, 15) is 14.4 Å². The first-order chi connectivity index (χ1) is 14.9. The van der Waals surface area contributed by atoms with Crippen molar-refractivity contribution in [3.05, 3.63) is 84.5 Å². The van der Waals surface area contributed by atoms with Crippen molar-refractivity contribution >= 4 is 44.5 Å². The molecule has 0 radical (unpaired) electrons. The van der Waals surface area contributed by atoms with E-state index in [0.29, 0.717) is 28.2 Å². The third kappa shape index (κ3) is 4.55. The first-order valence-electron chi connectivity index (χ1n) is 10.1. The van der Waals surface area contributed by atoms with E-state index in [1.807, 2.05) is 41.8 Å². The van der Waals surface area contributed by atoms with Crippen LogP contribution in [0.2, 0.25) is 0 Å². The molecule has 0 spiro atoms. The molecule has 8 heteroatoms. The molecule has 31 heavy (non-hydrogen) atoms. The van der Waals surface area contributed by atoms with E-state index < -0.39 is 5.69 Å². The first-order valence-corrected chi connectivity index (χ1v) is 11.8. The van der Waals surface area contributed by atoms with Crippen molar-refractivity contribution in [3.63, 3.8) is 0 Å². The summed E-state index contributed by atoms with van der Waals surface area (Å²) in [6, 6.07) is 13.3. The van der Waals surface area contributed by atoms with Crippen LogP contribution >= 0.6 is 22.7 Å². The largest absolute Gasteiger partial charge is 0.332 e. The molecule has 0 aliphatic carbocycles. The number of carbonyl (C=O) groups is 1. The van der Waals surface area contributed by atoms with Crippen LogP contribution < -0.4 is 16.6 Å². The van der Waals surface area contributed by atoms with Crippen LogP contribution in [0, 0.1) is 0 Å². The number of benzene rings is 1. The molecule has 1 N–H and O–H groups in total. The molecule has 3 heterocycles. The SMILES string of the molecule is CC(C)c1cccc(NC(=O)Cn2c(=O)n(CCc3cccs3)c(=O)c3sccc32)c1. The van der Waals surface area contributed by atoms with Gasteiger partial charge >= 0.3 is 5.69 Å². The highest BCUT2D eigenvalue weighted by Crippen LogP contribution is 2.19. The van der Waals surface area contributed by atoms with Crippen LogP contribution in [0.5, 0.6) is 0 Å². The number of fused-ring (bicyclic) bond motifs is 1. The number of aryl methyl sites for hydroxylation is 1. The van der Waals surface area contributed by atoms with E-state index in [-0.39, 0.29) is 24.6 Å². The van der Waals surface area contributed by atoms with Gasteiger partial charge in [-0.1, -0.05) is 32.0 Å². The molecule has 4 aromatic rings. The van der Waals surface area contributed by atoms with Gasteiger partial charge in [-0.2, -0.15) is 0 Å². The fourth-order valence-electron chi connectivity index (χ4n) is 3.48. The molecule has 0 unspecified atom stereocenters. The molecule has 1 aromatic carbocycles. The summed E-state index contributed by atoms with van der Waals surface area (Å²) in [7, 11) is 0. The van der Waals surface area contributed by atoms with Gasteiger partial charge < -0.3 is 5.32 Å². The van der Waals surface area contributed by atoms with E-state index in [1.54, 1.807) is 22.8 Å². The predicted octanol–water partition coefficient (Wildman–Crippen LogP) is 4.29. The Morgan fingerprint density at radius 3 is 2.61 bits per heavy atom.